The highest BCUT2D eigenvalue weighted by molar-refractivity contribution is 7.11. The molecule has 0 fully saturated rings. The molecule has 3 nitrogen and oxygen atoms in total. The maximum Gasteiger partial charge on any atom is 0.0900 e. The lowest BCUT2D eigenvalue weighted by Gasteiger charge is -2.22. The summed E-state index contributed by atoms with van der Waals surface area (Å²) in [4.78, 5) is 8.11. The zero-order valence-corrected chi connectivity index (χ0v) is 12.0. The van der Waals surface area contributed by atoms with E-state index in [1.54, 1.807) is 11.3 Å². The Morgan fingerprint density at radius 2 is 1.94 bits per heavy atom. The summed E-state index contributed by atoms with van der Waals surface area (Å²) in [6, 6.07) is 0.811. The van der Waals surface area contributed by atoms with Crippen molar-refractivity contribution in [3.05, 3.63) is 15.6 Å². The van der Waals surface area contributed by atoms with E-state index >= 15 is 0 Å². The topological polar surface area (TPSA) is 28.2 Å². The average Bonchev–Trinajstić information content (AvgIpc) is 2.43. The maximum atomic E-state index is 4.58. The summed E-state index contributed by atoms with van der Waals surface area (Å²) in [5.41, 5.74) is 1.20. The molecule has 0 saturated heterocycles. The van der Waals surface area contributed by atoms with Gasteiger partial charge in [0.15, 0.2) is 0 Å². The number of nitrogens with zero attached hydrogens (tertiary/aromatic N) is 2. The quantitative estimate of drug-likeness (QED) is 0.858. The van der Waals surface area contributed by atoms with E-state index in [1.807, 2.05) is 0 Å². The maximum absolute atomic E-state index is 4.58. The van der Waals surface area contributed by atoms with Crippen molar-refractivity contribution in [2.24, 2.45) is 0 Å². The third-order valence-electron chi connectivity index (χ3n) is 2.52. The first kappa shape index (κ1) is 13.6. The van der Waals surface area contributed by atoms with Crippen molar-refractivity contribution in [2.75, 3.05) is 20.6 Å². The van der Waals surface area contributed by atoms with Crippen molar-refractivity contribution < 1.29 is 0 Å². The Bertz CT molecular complexity index is 333. The van der Waals surface area contributed by atoms with Gasteiger partial charge in [-0.05, 0) is 41.8 Å². The molecular weight excluding hydrogens is 218 g/mol. The molecule has 0 bridgehead atoms. The van der Waals surface area contributed by atoms with E-state index in [9.17, 15) is 0 Å². The molecule has 2 unspecified atom stereocenters. The monoisotopic (exact) mass is 241 g/mol. The predicted molar refractivity (Wildman–Crippen MR) is 71.2 cm³/mol. The van der Waals surface area contributed by atoms with Crippen molar-refractivity contribution in [3.63, 3.8) is 0 Å². The normalized spacial score (nSPS) is 15.4. The van der Waals surface area contributed by atoms with Crippen molar-refractivity contribution in [2.45, 2.75) is 39.8 Å². The Kier molecular flexibility index (Phi) is 4.89. The van der Waals surface area contributed by atoms with E-state index in [2.05, 4.69) is 57.0 Å². The van der Waals surface area contributed by atoms with E-state index < -0.39 is 0 Å². The summed E-state index contributed by atoms with van der Waals surface area (Å²) in [7, 11) is 4.20. The van der Waals surface area contributed by atoms with Gasteiger partial charge in [-0.25, -0.2) is 4.98 Å². The van der Waals surface area contributed by atoms with Crippen LogP contribution in [0.25, 0.3) is 0 Å². The lowest BCUT2D eigenvalue weighted by Crippen LogP contribution is -2.37. The second kappa shape index (κ2) is 5.75. The van der Waals surface area contributed by atoms with Crippen molar-refractivity contribution in [3.8, 4) is 0 Å². The van der Waals surface area contributed by atoms with Crippen LogP contribution in [0.15, 0.2) is 0 Å². The Hall–Kier alpha value is -0.450. The first-order chi connectivity index (χ1) is 7.40. The van der Waals surface area contributed by atoms with Gasteiger partial charge in [-0.15, -0.1) is 11.3 Å². The molecule has 2 atom stereocenters. The molecule has 0 aromatic carbocycles. The Morgan fingerprint density at radius 3 is 2.38 bits per heavy atom. The number of likely N-dealkylation sites (N-methyl/N-ethyl adjacent to an activating group) is 1. The van der Waals surface area contributed by atoms with Crippen molar-refractivity contribution in [1.82, 2.24) is 15.2 Å². The van der Waals surface area contributed by atoms with Crippen LogP contribution in [0.1, 0.15) is 35.5 Å². The second-order valence-corrected chi connectivity index (χ2v) is 6.13. The first-order valence-corrected chi connectivity index (χ1v) is 6.56. The van der Waals surface area contributed by atoms with Crippen LogP contribution in [0, 0.1) is 13.8 Å². The molecule has 1 rings (SSSR count). The molecular formula is C12H23N3S. The van der Waals surface area contributed by atoms with E-state index in [-0.39, 0.29) is 0 Å². The SMILES string of the molecule is Cc1nc(C(C)NC(C)CN(C)C)c(C)s1. The molecule has 1 heterocycles. The molecule has 0 aliphatic heterocycles. The fourth-order valence-corrected chi connectivity index (χ4v) is 2.97. The minimum Gasteiger partial charge on any atom is -0.308 e. The summed E-state index contributed by atoms with van der Waals surface area (Å²) >= 11 is 1.78. The standard InChI is InChI=1S/C12H23N3S/c1-8(7-15(5)6)13-9(2)12-10(3)16-11(4)14-12/h8-9,13H,7H2,1-6H3. The summed E-state index contributed by atoms with van der Waals surface area (Å²) in [5, 5.41) is 4.74. The number of aryl methyl sites for hydroxylation is 2. The van der Waals surface area contributed by atoms with Crippen LogP contribution >= 0.6 is 11.3 Å². The molecule has 4 heteroatoms. The Morgan fingerprint density at radius 1 is 1.31 bits per heavy atom. The third-order valence-corrected chi connectivity index (χ3v) is 3.43. The minimum atomic E-state index is 0.333. The molecule has 16 heavy (non-hydrogen) atoms. The summed E-state index contributed by atoms with van der Waals surface area (Å²) < 4.78 is 0. The van der Waals surface area contributed by atoms with E-state index in [0.29, 0.717) is 12.1 Å². The number of hydrogen-bond acceptors (Lipinski definition) is 4. The largest absolute Gasteiger partial charge is 0.308 e. The fraction of sp³-hybridized carbons (Fsp3) is 0.750. The van der Waals surface area contributed by atoms with E-state index in [0.717, 1.165) is 11.6 Å². The summed E-state index contributed by atoms with van der Waals surface area (Å²) in [6.07, 6.45) is 0. The van der Waals surface area contributed by atoms with Crippen LogP contribution in [-0.4, -0.2) is 36.6 Å². The van der Waals surface area contributed by atoms with Gasteiger partial charge in [0.05, 0.1) is 10.7 Å². The molecule has 92 valence electrons. The van der Waals surface area contributed by atoms with Crippen LogP contribution < -0.4 is 5.32 Å². The highest BCUT2D eigenvalue weighted by Crippen LogP contribution is 2.22. The van der Waals surface area contributed by atoms with Crippen molar-refractivity contribution in [1.29, 1.82) is 0 Å². The van der Waals surface area contributed by atoms with Crippen molar-refractivity contribution >= 4 is 11.3 Å². The van der Waals surface area contributed by atoms with Crippen LogP contribution in [0.2, 0.25) is 0 Å². The first-order valence-electron chi connectivity index (χ1n) is 5.75. The van der Waals surface area contributed by atoms with Crippen LogP contribution in [0.3, 0.4) is 0 Å². The van der Waals surface area contributed by atoms with Gasteiger partial charge in [0.25, 0.3) is 0 Å². The zero-order valence-electron chi connectivity index (χ0n) is 11.2. The lowest BCUT2D eigenvalue weighted by atomic mass is 10.2. The summed E-state index contributed by atoms with van der Waals surface area (Å²) in [6.45, 7) is 9.66. The summed E-state index contributed by atoms with van der Waals surface area (Å²) in [5.74, 6) is 0. The van der Waals surface area contributed by atoms with Gasteiger partial charge in [0.1, 0.15) is 0 Å². The number of thiazole rings is 1. The molecule has 1 aromatic rings. The average molecular weight is 241 g/mol. The Labute approximate surface area is 103 Å². The second-order valence-electron chi connectivity index (χ2n) is 4.73. The third kappa shape index (κ3) is 3.85. The molecule has 0 radical (unpaired) electrons. The number of hydrogen-bond donors (Lipinski definition) is 1. The van der Waals surface area contributed by atoms with Gasteiger partial charge >= 0.3 is 0 Å². The van der Waals surface area contributed by atoms with Gasteiger partial charge in [-0.2, -0.15) is 0 Å². The molecule has 0 saturated carbocycles. The highest BCUT2D eigenvalue weighted by Gasteiger charge is 2.15. The smallest absolute Gasteiger partial charge is 0.0900 e. The molecule has 0 spiro atoms. The van der Waals surface area contributed by atoms with Gasteiger partial charge in [0.2, 0.25) is 0 Å². The molecule has 0 aliphatic carbocycles. The zero-order chi connectivity index (χ0) is 12.3. The number of nitrogens with one attached hydrogen (secondary N) is 1. The number of aromatic nitrogens is 1. The Balaban J connectivity index is 2.58. The highest BCUT2D eigenvalue weighted by atomic mass is 32.1. The van der Waals surface area contributed by atoms with Gasteiger partial charge in [-0.3, -0.25) is 0 Å². The lowest BCUT2D eigenvalue weighted by molar-refractivity contribution is 0.333. The predicted octanol–water partition coefficient (Wildman–Crippen LogP) is 2.36. The molecule has 1 N–H and O–H groups in total. The van der Waals surface area contributed by atoms with Crippen LogP contribution in [-0.2, 0) is 0 Å². The fourth-order valence-electron chi connectivity index (χ4n) is 2.05. The molecule has 0 amide bonds. The molecule has 1 aromatic heterocycles. The van der Waals surface area contributed by atoms with Gasteiger partial charge < -0.3 is 10.2 Å². The minimum absolute atomic E-state index is 0.333. The molecule has 0 aliphatic rings. The van der Waals surface area contributed by atoms with E-state index in [4.69, 9.17) is 0 Å². The van der Waals surface area contributed by atoms with E-state index in [1.165, 1.54) is 10.6 Å². The van der Waals surface area contributed by atoms with Crippen LogP contribution in [0.5, 0.6) is 0 Å². The van der Waals surface area contributed by atoms with Gasteiger partial charge in [0, 0.05) is 23.5 Å². The number of rotatable bonds is 5. The van der Waals surface area contributed by atoms with Gasteiger partial charge in [-0.1, -0.05) is 0 Å². The van der Waals surface area contributed by atoms with Crippen LogP contribution in [0.4, 0.5) is 0 Å².